The standard InChI is InChI=1S/C22H19N3O3S/c1-2-29(27,28)25-21-12-4-3-11-20(21)22(26)24-19-10-7-8-17(16-19)13-14-18-9-5-6-15-23-18/h3-12,15-16,25H,2H2,1H3,(H,24,26). The number of hydrogen-bond acceptors (Lipinski definition) is 4. The SMILES string of the molecule is CCS(=O)(=O)Nc1ccccc1C(=O)Nc1cccc(C#Cc2ccccn2)c1. The first-order valence-electron chi connectivity index (χ1n) is 8.91. The molecule has 2 N–H and O–H groups in total. The predicted molar refractivity (Wildman–Crippen MR) is 114 cm³/mol. The summed E-state index contributed by atoms with van der Waals surface area (Å²) in [6, 6.07) is 19.0. The number of aromatic nitrogens is 1. The van der Waals surface area contributed by atoms with E-state index in [0.717, 1.165) is 0 Å². The van der Waals surface area contributed by atoms with Gasteiger partial charge in [0, 0.05) is 17.4 Å². The summed E-state index contributed by atoms with van der Waals surface area (Å²) in [5.74, 6) is 5.47. The van der Waals surface area contributed by atoms with Crippen molar-refractivity contribution in [1.82, 2.24) is 4.98 Å². The zero-order valence-electron chi connectivity index (χ0n) is 15.7. The summed E-state index contributed by atoms with van der Waals surface area (Å²) in [7, 11) is -3.50. The van der Waals surface area contributed by atoms with Gasteiger partial charge in [0.25, 0.3) is 5.91 Å². The Morgan fingerprint density at radius 2 is 1.79 bits per heavy atom. The summed E-state index contributed by atoms with van der Waals surface area (Å²) in [5, 5.41) is 2.78. The lowest BCUT2D eigenvalue weighted by Gasteiger charge is -2.12. The number of sulfonamides is 1. The normalized spacial score (nSPS) is 10.5. The first-order valence-corrected chi connectivity index (χ1v) is 10.6. The molecule has 0 radical (unpaired) electrons. The number of benzene rings is 2. The summed E-state index contributed by atoms with van der Waals surface area (Å²) in [6.07, 6.45) is 1.67. The van der Waals surface area contributed by atoms with Crippen molar-refractivity contribution in [3.63, 3.8) is 0 Å². The first-order chi connectivity index (χ1) is 14.0. The van der Waals surface area contributed by atoms with Crippen LogP contribution in [0.2, 0.25) is 0 Å². The number of anilines is 2. The lowest BCUT2D eigenvalue weighted by atomic mass is 10.1. The van der Waals surface area contributed by atoms with Crippen LogP contribution < -0.4 is 10.0 Å². The van der Waals surface area contributed by atoms with Gasteiger partial charge >= 0.3 is 0 Å². The highest BCUT2D eigenvalue weighted by molar-refractivity contribution is 7.92. The van der Waals surface area contributed by atoms with Gasteiger partial charge in [0.2, 0.25) is 10.0 Å². The van der Waals surface area contributed by atoms with Crippen LogP contribution in [-0.2, 0) is 10.0 Å². The number of carbonyl (C=O) groups excluding carboxylic acids is 1. The van der Waals surface area contributed by atoms with E-state index in [-0.39, 0.29) is 17.0 Å². The Balaban J connectivity index is 1.80. The van der Waals surface area contributed by atoms with E-state index in [2.05, 4.69) is 26.9 Å². The molecule has 0 aliphatic carbocycles. The largest absolute Gasteiger partial charge is 0.322 e. The fraction of sp³-hybridized carbons (Fsp3) is 0.0909. The van der Waals surface area contributed by atoms with Crippen LogP contribution >= 0.6 is 0 Å². The Morgan fingerprint density at radius 3 is 2.55 bits per heavy atom. The minimum Gasteiger partial charge on any atom is -0.322 e. The second-order valence-electron chi connectivity index (χ2n) is 6.05. The molecule has 29 heavy (non-hydrogen) atoms. The molecule has 6 nitrogen and oxygen atoms in total. The minimum absolute atomic E-state index is 0.0834. The summed E-state index contributed by atoms with van der Waals surface area (Å²) in [5.41, 5.74) is 2.39. The summed E-state index contributed by atoms with van der Waals surface area (Å²) in [6.45, 7) is 1.53. The molecule has 0 unspecified atom stereocenters. The molecule has 0 spiro atoms. The van der Waals surface area contributed by atoms with E-state index in [1.165, 1.54) is 6.92 Å². The van der Waals surface area contributed by atoms with Gasteiger partial charge in [-0.15, -0.1) is 0 Å². The van der Waals surface area contributed by atoms with Crippen molar-refractivity contribution in [3.8, 4) is 11.8 Å². The fourth-order valence-electron chi connectivity index (χ4n) is 2.46. The third-order valence-electron chi connectivity index (χ3n) is 3.94. The van der Waals surface area contributed by atoms with Crippen molar-refractivity contribution in [1.29, 1.82) is 0 Å². The van der Waals surface area contributed by atoms with Crippen LogP contribution in [0.15, 0.2) is 72.9 Å². The fourth-order valence-corrected chi connectivity index (χ4v) is 3.11. The Bertz CT molecular complexity index is 1180. The van der Waals surface area contributed by atoms with Crippen LogP contribution in [0.25, 0.3) is 0 Å². The maximum absolute atomic E-state index is 12.7. The predicted octanol–water partition coefficient (Wildman–Crippen LogP) is 3.50. The number of pyridine rings is 1. The molecule has 3 rings (SSSR count). The number of amides is 1. The van der Waals surface area contributed by atoms with Gasteiger partial charge in [-0.2, -0.15) is 0 Å². The van der Waals surface area contributed by atoms with Gasteiger partial charge in [-0.25, -0.2) is 13.4 Å². The van der Waals surface area contributed by atoms with Gasteiger partial charge in [0.1, 0.15) is 5.69 Å². The van der Waals surface area contributed by atoms with E-state index >= 15 is 0 Å². The molecule has 0 aliphatic heterocycles. The lowest BCUT2D eigenvalue weighted by molar-refractivity contribution is 0.102. The molecular formula is C22H19N3O3S. The lowest BCUT2D eigenvalue weighted by Crippen LogP contribution is -2.19. The Labute approximate surface area is 170 Å². The van der Waals surface area contributed by atoms with Crippen LogP contribution in [0.4, 0.5) is 11.4 Å². The van der Waals surface area contributed by atoms with Gasteiger partial charge in [-0.3, -0.25) is 9.52 Å². The number of para-hydroxylation sites is 1. The average Bonchev–Trinajstić information content (AvgIpc) is 2.73. The van der Waals surface area contributed by atoms with Crippen molar-refractivity contribution < 1.29 is 13.2 Å². The topological polar surface area (TPSA) is 88.2 Å². The van der Waals surface area contributed by atoms with Crippen LogP contribution in [0.5, 0.6) is 0 Å². The third kappa shape index (κ3) is 5.67. The molecular weight excluding hydrogens is 386 g/mol. The number of nitrogens with zero attached hydrogens (tertiary/aromatic N) is 1. The van der Waals surface area contributed by atoms with E-state index in [1.807, 2.05) is 24.3 Å². The average molecular weight is 405 g/mol. The molecule has 1 amide bonds. The molecule has 0 atom stereocenters. The molecule has 1 heterocycles. The second-order valence-corrected chi connectivity index (χ2v) is 8.06. The number of rotatable bonds is 5. The van der Waals surface area contributed by atoms with E-state index in [0.29, 0.717) is 16.9 Å². The highest BCUT2D eigenvalue weighted by atomic mass is 32.2. The number of carbonyl (C=O) groups is 1. The van der Waals surface area contributed by atoms with Gasteiger partial charge in [-0.1, -0.05) is 30.2 Å². The maximum atomic E-state index is 12.7. The van der Waals surface area contributed by atoms with Gasteiger partial charge in [-0.05, 0) is 55.3 Å². The summed E-state index contributed by atoms with van der Waals surface area (Å²) < 4.78 is 26.2. The molecule has 0 aliphatic rings. The molecule has 2 aromatic carbocycles. The van der Waals surface area contributed by atoms with Crippen LogP contribution in [-0.4, -0.2) is 25.1 Å². The van der Waals surface area contributed by atoms with Gasteiger partial charge in [0.05, 0.1) is 17.0 Å². The van der Waals surface area contributed by atoms with Crippen molar-refractivity contribution in [2.45, 2.75) is 6.92 Å². The van der Waals surface area contributed by atoms with E-state index in [4.69, 9.17) is 0 Å². The van der Waals surface area contributed by atoms with Crippen molar-refractivity contribution in [3.05, 3.63) is 89.7 Å². The summed E-state index contributed by atoms with van der Waals surface area (Å²) >= 11 is 0. The molecule has 3 aromatic rings. The maximum Gasteiger partial charge on any atom is 0.257 e. The zero-order valence-corrected chi connectivity index (χ0v) is 16.5. The molecule has 0 saturated carbocycles. The first kappa shape index (κ1) is 20.1. The summed E-state index contributed by atoms with van der Waals surface area (Å²) in [4.78, 5) is 16.9. The molecule has 1 aromatic heterocycles. The third-order valence-corrected chi connectivity index (χ3v) is 5.23. The van der Waals surface area contributed by atoms with Crippen LogP contribution in [0.1, 0.15) is 28.5 Å². The van der Waals surface area contributed by atoms with Crippen molar-refractivity contribution in [2.24, 2.45) is 0 Å². The van der Waals surface area contributed by atoms with Crippen LogP contribution in [0.3, 0.4) is 0 Å². The van der Waals surface area contributed by atoms with E-state index in [1.54, 1.807) is 48.7 Å². The molecule has 0 fully saturated rings. The smallest absolute Gasteiger partial charge is 0.257 e. The molecule has 7 heteroatoms. The minimum atomic E-state index is -3.50. The van der Waals surface area contributed by atoms with Crippen molar-refractivity contribution in [2.75, 3.05) is 15.8 Å². The number of nitrogens with one attached hydrogen (secondary N) is 2. The van der Waals surface area contributed by atoms with Gasteiger partial charge in [0.15, 0.2) is 0 Å². The monoisotopic (exact) mass is 405 g/mol. The van der Waals surface area contributed by atoms with E-state index in [9.17, 15) is 13.2 Å². The Morgan fingerprint density at radius 1 is 1.00 bits per heavy atom. The number of hydrogen-bond donors (Lipinski definition) is 2. The van der Waals surface area contributed by atoms with E-state index < -0.39 is 15.9 Å². The van der Waals surface area contributed by atoms with Crippen LogP contribution in [0, 0.1) is 11.8 Å². The second kappa shape index (κ2) is 9.04. The van der Waals surface area contributed by atoms with Gasteiger partial charge < -0.3 is 5.32 Å². The highest BCUT2D eigenvalue weighted by Gasteiger charge is 2.15. The Kier molecular flexibility index (Phi) is 6.27. The van der Waals surface area contributed by atoms with Crippen molar-refractivity contribution >= 4 is 27.3 Å². The quantitative estimate of drug-likeness (QED) is 0.636. The molecule has 0 saturated heterocycles. The Hall–Kier alpha value is -3.63. The highest BCUT2D eigenvalue weighted by Crippen LogP contribution is 2.19. The molecule has 0 bridgehead atoms. The zero-order chi connectivity index (χ0) is 20.7. The molecule has 146 valence electrons.